The summed E-state index contributed by atoms with van der Waals surface area (Å²) in [5.74, 6) is 0. The molecule has 0 spiro atoms. The van der Waals surface area contributed by atoms with Gasteiger partial charge in [0.2, 0.25) is 0 Å². The van der Waals surface area contributed by atoms with Gasteiger partial charge in [-0.2, -0.15) is 0 Å². The van der Waals surface area contributed by atoms with Gasteiger partial charge in [0.15, 0.2) is 6.29 Å². The van der Waals surface area contributed by atoms with Crippen LogP contribution in [0.1, 0.15) is 49.4 Å². The van der Waals surface area contributed by atoms with Gasteiger partial charge in [-0.05, 0) is 31.4 Å². The summed E-state index contributed by atoms with van der Waals surface area (Å²) in [6, 6.07) is 17.7. The van der Waals surface area contributed by atoms with Gasteiger partial charge in [0.25, 0.3) is 0 Å². The van der Waals surface area contributed by atoms with Crippen LogP contribution in [0.3, 0.4) is 0 Å². The monoisotopic (exact) mass is 324 g/mol. The zero-order chi connectivity index (χ0) is 16.9. The van der Waals surface area contributed by atoms with Crippen LogP contribution >= 0.6 is 0 Å². The highest BCUT2D eigenvalue weighted by Gasteiger charge is 2.28. The van der Waals surface area contributed by atoms with Crippen molar-refractivity contribution in [3.63, 3.8) is 0 Å². The molecule has 1 saturated heterocycles. The van der Waals surface area contributed by atoms with Crippen molar-refractivity contribution >= 4 is 6.08 Å². The molecule has 3 rings (SSSR count). The van der Waals surface area contributed by atoms with Gasteiger partial charge < -0.3 is 14.6 Å². The van der Waals surface area contributed by atoms with E-state index < -0.39 is 12.4 Å². The summed E-state index contributed by atoms with van der Waals surface area (Å²) in [7, 11) is 0. The fourth-order valence-corrected chi connectivity index (χ4v) is 3.04. The van der Waals surface area contributed by atoms with E-state index in [2.05, 4.69) is 13.8 Å². The molecule has 0 bridgehead atoms. The number of benzene rings is 2. The lowest BCUT2D eigenvalue weighted by Crippen LogP contribution is -2.30. The van der Waals surface area contributed by atoms with Crippen LogP contribution in [0, 0.1) is 0 Å². The van der Waals surface area contributed by atoms with E-state index >= 15 is 0 Å². The van der Waals surface area contributed by atoms with E-state index in [0.717, 1.165) is 23.1 Å². The van der Waals surface area contributed by atoms with Crippen molar-refractivity contribution in [2.45, 2.75) is 44.9 Å². The van der Waals surface area contributed by atoms with Crippen LogP contribution in [-0.4, -0.2) is 17.3 Å². The van der Waals surface area contributed by atoms with E-state index in [1.807, 2.05) is 60.7 Å². The first kappa shape index (κ1) is 16.9. The summed E-state index contributed by atoms with van der Waals surface area (Å²) >= 11 is 0. The third-order valence-corrected chi connectivity index (χ3v) is 4.21. The van der Waals surface area contributed by atoms with Gasteiger partial charge in [-0.15, -0.1) is 0 Å². The van der Waals surface area contributed by atoms with Crippen LogP contribution in [-0.2, 0) is 9.47 Å². The molecule has 2 aromatic rings. The van der Waals surface area contributed by atoms with E-state index in [-0.39, 0.29) is 12.2 Å². The fourth-order valence-electron chi connectivity index (χ4n) is 3.04. The molecule has 24 heavy (non-hydrogen) atoms. The van der Waals surface area contributed by atoms with Crippen LogP contribution in [0.2, 0.25) is 0 Å². The Morgan fingerprint density at radius 3 is 2.29 bits per heavy atom. The average molecular weight is 324 g/mol. The number of aliphatic hydroxyl groups excluding tert-OH is 1. The quantitative estimate of drug-likeness (QED) is 0.890. The molecule has 0 amide bonds. The van der Waals surface area contributed by atoms with Crippen molar-refractivity contribution < 1.29 is 14.6 Å². The lowest BCUT2D eigenvalue weighted by molar-refractivity contribution is -0.239. The molecule has 1 heterocycles. The van der Waals surface area contributed by atoms with Crippen LogP contribution in [0.4, 0.5) is 0 Å². The molecule has 3 heteroatoms. The van der Waals surface area contributed by atoms with Crippen molar-refractivity contribution in [3.8, 4) is 0 Å². The highest BCUT2D eigenvalue weighted by atomic mass is 16.7. The molecule has 1 fully saturated rings. The maximum Gasteiger partial charge on any atom is 0.184 e. The van der Waals surface area contributed by atoms with E-state index in [0.29, 0.717) is 0 Å². The average Bonchev–Trinajstić information content (AvgIpc) is 2.60. The predicted octanol–water partition coefficient (Wildman–Crippen LogP) is 4.65. The molecule has 1 unspecified atom stereocenters. The van der Waals surface area contributed by atoms with Gasteiger partial charge in [-0.3, -0.25) is 0 Å². The minimum Gasteiger partial charge on any atom is -0.384 e. The van der Waals surface area contributed by atoms with E-state index in [1.54, 1.807) is 6.08 Å². The molecule has 1 aliphatic rings. The van der Waals surface area contributed by atoms with Gasteiger partial charge in [0, 0.05) is 5.56 Å². The Hall–Kier alpha value is -1.94. The zero-order valence-corrected chi connectivity index (χ0v) is 14.1. The second kappa shape index (κ2) is 7.75. The molecule has 126 valence electrons. The Morgan fingerprint density at radius 1 is 0.958 bits per heavy atom. The summed E-state index contributed by atoms with van der Waals surface area (Å²) in [5, 5.41) is 10.6. The summed E-state index contributed by atoms with van der Waals surface area (Å²) in [4.78, 5) is 0. The smallest absolute Gasteiger partial charge is 0.184 e. The number of hydrogen-bond donors (Lipinski definition) is 1. The standard InChI is InChI=1S/C21H24O3/c1-15-14-16(2)24-21(23-15)19-11-7-6-10-18(19)20(22)13-12-17-8-4-3-5-9-17/h3-13,15-16,20-22H,14H2,1-2H3/b13-12+/t15-,16-,20?/m1/s1. The summed E-state index contributed by atoms with van der Waals surface area (Å²) in [5.41, 5.74) is 2.76. The van der Waals surface area contributed by atoms with Crippen molar-refractivity contribution in [1.29, 1.82) is 0 Å². The minimum atomic E-state index is -0.707. The highest BCUT2D eigenvalue weighted by molar-refractivity contribution is 5.50. The number of ether oxygens (including phenoxy) is 2. The normalized spacial score (nSPS) is 25.7. The van der Waals surface area contributed by atoms with Crippen LogP contribution in [0.5, 0.6) is 0 Å². The Morgan fingerprint density at radius 2 is 1.58 bits per heavy atom. The van der Waals surface area contributed by atoms with E-state index in [1.165, 1.54) is 0 Å². The molecule has 3 nitrogen and oxygen atoms in total. The van der Waals surface area contributed by atoms with Crippen molar-refractivity contribution in [2.24, 2.45) is 0 Å². The Bertz CT molecular complexity index is 670. The second-order valence-corrected chi connectivity index (χ2v) is 6.30. The van der Waals surface area contributed by atoms with Gasteiger partial charge in [-0.1, -0.05) is 66.7 Å². The SMILES string of the molecule is C[C@@H]1C[C@@H](C)OC(c2ccccc2C(O)/C=C/c2ccccc2)O1. The second-order valence-electron chi connectivity index (χ2n) is 6.30. The Labute approximate surface area is 143 Å². The van der Waals surface area contributed by atoms with Gasteiger partial charge in [0.05, 0.1) is 18.3 Å². The topological polar surface area (TPSA) is 38.7 Å². The van der Waals surface area contributed by atoms with Crippen LogP contribution in [0.15, 0.2) is 60.7 Å². The maximum absolute atomic E-state index is 10.6. The van der Waals surface area contributed by atoms with Crippen LogP contribution < -0.4 is 0 Å². The lowest BCUT2D eigenvalue weighted by Gasteiger charge is -2.34. The third-order valence-electron chi connectivity index (χ3n) is 4.21. The van der Waals surface area contributed by atoms with Crippen molar-refractivity contribution in [3.05, 3.63) is 77.4 Å². The molecule has 1 N–H and O–H groups in total. The molecule has 2 aromatic carbocycles. The first-order valence-corrected chi connectivity index (χ1v) is 8.44. The van der Waals surface area contributed by atoms with Crippen LogP contribution in [0.25, 0.3) is 6.08 Å². The largest absolute Gasteiger partial charge is 0.384 e. The van der Waals surface area contributed by atoms with Gasteiger partial charge in [0.1, 0.15) is 0 Å². The number of hydrogen-bond acceptors (Lipinski definition) is 3. The number of aliphatic hydroxyl groups is 1. The highest BCUT2D eigenvalue weighted by Crippen LogP contribution is 2.34. The van der Waals surface area contributed by atoms with Crippen molar-refractivity contribution in [2.75, 3.05) is 0 Å². The molecular weight excluding hydrogens is 300 g/mol. The Balaban J connectivity index is 1.82. The summed E-state index contributed by atoms with van der Waals surface area (Å²) in [6.45, 7) is 4.11. The van der Waals surface area contributed by atoms with E-state index in [4.69, 9.17) is 9.47 Å². The molecule has 0 aliphatic carbocycles. The molecule has 0 aromatic heterocycles. The molecule has 0 saturated carbocycles. The molecule has 0 radical (unpaired) electrons. The molecule has 1 aliphatic heterocycles. The Kier molecular flexibility index (Phi) is 5.46. The summed E-state index contributed by atoms with van der Waals surface area (Å²) in [6.07, 6.45) is 3.75. The lowest BCUT2D eigenvalue weighted by atomic mass is 10.00. The predicted molar refractivity (Wildman–Crippen MR) is 95.3 cm³/mol. The van der Waals surface area contributed by atoms with Gasteiger partial charge >= 0.3 is 0 Å². The minimum absolute atomic E-state index is 0.142. The first-order valence-electron chi connectivity index (χ1n) is 8.44. The molecule has 3 atom stereocenters. The third kappa shape index (κ3) is 4.12. The van der Waals surface area contributed by atoms with E-state index in [9.17, 15) is 5.11 Å². The fraction of sp³-hybridized carbons (Fsp3) is 0.333. The first-order chi connectivity index (χ1) is 11.6. The number of rotatable bonds is 4. The maximum atomic E-state index is 10.6. The van der Waals surface area contributed by atoms with Crippen molar-refractivity contribution in [1.82, 2.24) is 0 Å². The van der Waals surface area contributed by atoms with Gasteiger partial charge in [-0.25, -0.2) is 0 Å². The molecular formula is C21H24O3. The summed E-state index contributed by atoms with van der Waals surface area (Å²) < 4.78 is 11.9. The zero-order valence-electron chi connectivity index (χ0n) is 14.1.